The van der Waals surface area contributed by atoms with E-state index >= 15 is 0 Å². The van der Waals surface area contributed by atoms with Gasteiger partial charge in [0.1, 0.15) is 12.2 Å². The Kier molecular flexibility index (Phi) is 4.35. The van der Waals surface area contributed by atoms with Crippen LogP contribution in [0.15, 0.2) is 6.33 Å². The lowest BCUT2D eigenvalue weighted by Crippen LogP contribution is -2.44. The zero-order valence-electron chi connectivity index (χ0n) is 11.3. The molecule has 18 heavy (non-hydrogen) atoms. The number of hydrogen-bond acceptors (Lipinski definition) is 4. The molecule has 0 spiro atoms. The molecule has 1 heterocycles. The Bertz CT molecular complexity index is 372. The van der Waals surface area contributed by atoms with Gasteiger partial charge in [0, 0.05) is 19.6 Å². The van der Waals surface area contributed by atoms with Crippen LogP contribution < -0.4 is 0 Å². The van der Waals surface area contributed by atoms with Gasteiger partial charge in [-0.05, 0) is 26.7 Å². The molecule has 1 aromatic heterocycles. The molecule has 0 radical (unpaired) electrons. The fourth-order valence-electron chi connectivity index (χ4n) is 2.90. The molecule has 1 aromatic rings. The lowest BCUT2D eigenvalue weighted by atomic mass is 9.92. The third kappa shape index (κ3) is 2.57. The van der Waals surface area contributed by atoms with E-state index in [0.29, 0.717) is 13.0 Å². The van der Waals surface area contributed by atoms with Crippen LogP contribution >= 0.6 is 0 Å². The van der Waals surface area contributed by atoms with Gasteiger partial charge in [0.2, 0.25) is 0 Å². The largest absolute Gasteiger partial charge is 0.390 e. The van der Waals surface area contributed by atoms with E-state index in [2.05, 4.69) is 10.1 Å². The van der Waals surface area contributed by atoms with Gasteiger partial charge < -0.3 is 9.84 Å². The van der Waals surface area contributed by atoms with Gasteiger partial charge in [-0.3, -0.25) is 4.68 Å². The first-order valence-corrected chi connectivity index (χ1v) is 6.90. The molecule has 1 atom stereocenters. The topological polar surface area (TPSA) is 60.2 Å². The highest BCUT2D eigenvalue weighted by atomic mass is 16.5. The van der Waals surface area contributed by atoms with Gasteiger partial charge in [-0.2, -0.15) is 5.10 Å². The second kappa shape index (κ2) is 5.80. The van der Waals surface area contributed by atoms with E-state index in [1.165, 1.54) is 0 Å². The van der Waals surface area contributed by atoms with Crippen molar-refractivity contribution in [3.8, 4) is 0 Å². The summed E-state index contributed by atoms with van der Waals surface area (Å²) in [6, 6.07) is 0. The van der Waals surface area contributed by atoms with Crippen molar-refractivity contribution in [2.45, 2.75) is 64.2 Å². The van der Waals surface area contributed by atoms with Gasteiger partial charge >= 0.3 is 0 Å². The molecular formula is C13H23N3O2. The lowest BCUT2D eigenvalue weighted by Gasteiger charge is -2.33. The number of rotatable bonds is 6. The minimum absolute atomic E-state index is 0.362. The van der Waals surface area contributed by atoms with Crippen molar-refractivity contribution in [1.82, 2.24) is 14.8 Å². The molecule has 0 aromatic carbocycles. The Morgan fingerprint density at radius 1 is 1.44 bits per heavy atom. The molecule has 1 aliphatic carbocycles. The molecule has 1 unspecified atom stereocenters. The highest BCUT2D eigenvalue weighted by molar-refractivity contribution is 4.99. The van der Waals surface area contributed by atoms with E-state index in [0.717, 1.165) is 38.1 Å². The van der Waals surface area contributed by atoms with Crippen molar-refractivity contribution >= 4 is 0 Å². The highest BCUT2D eigenvalue weighted by Gasteiger charge is 2.41. The van der Waals surface area contributed by atoms with Gasteiger partial charge in [-0.25, -0.2) is 4.98 Å². The van der Waals surface area contributed by atoms with Gasteiger partial charge in [-0.15, -0.1) is 0 Å². The average molecular weight is 253 g/mol. The first kappa shape index (κ1) is 13.5. The number of ether oxygens (including phenoxy) is 1. The van der Waals surface area contributed by atoms with Crippen LogP contribution in [0.2, 0.25) is 0 Å². The minimum atomic E-state index is -0.491. The van der Waals surface area contributed by atoms with Crippen LogP contribution in [0.4, 0.5) is 0 Å². The standard InChI is InChI=1S/C13H23N3O2/c1-3-16-12(14-10-15-16)9-11(17)13(18-4-2)7-5-6-8-13/h10-11,17H,3-9H2,1-2H3. The predicted octanol–water partition coefficient (Wildman–Crippen LogP) is 1.55. The maximum atomic E-state index is 10.5. The summed E-state index contributed by atoms with van der Waals surface area (Å²) in [5.74, 6) is 0.843. The van der Waals surface area contributed by atoms with Crippen molar-refractivity contribution < 1.29 is 9.84 Å². The van der Waals surface area contributed by atoms with Crippen molar-refractivity contribution in [3.63, 3.8) is 0 Å². The summed E-state index contributed by atoms with van der Waals surface area (Å²) >= 11 is 0. The zero-order chi connectivity index (χ0) is 13.0. The summed E-state index contributed by atoms with van der Waals surface area (Å²) < 4.78 is 7.70. The van der Waals surface area contributed by atoms with Crippen molar-refractivity contribution in [2.75, 3.05) is 6.61 Å². The summed E-state index contributed by atoms with van der Waals surface area (Å²) in [6.45, 7) is 5.45. The molecule has 2 rings (SSSR count). The molecule has 1 fully saturated rings. The number of aromatic nitrogens is 3. The third-order valence-electron chi connectivity index (χ3n) is 3.86. The number of nitrogens with zero attached hydrogens (tertiary/aromatic N) is 3. The van der Waals surface area contributed by atoms with Gasteiger partial charge in [0.05, 0.1) is 11.7 Å². The van der Waals surface area contributed by atoms with Crippen molar-refractivity contribution in [3.05, 3.63) is 12.2 Å². The summed E-state index contributed by atoms with van der Waals surface area (Å²) in [5, 5.41) is 14.7. The van der Waals surface area contributed by atoms with E-state index in [4.69, 9.17) is 4.74 Å². The molecule has 0 aliphatic heterocycles. The Morgan fingerprint density at radius 3 is 2.78 bits per heavy atom. The lowest BCUT2D eigenvalue weighted by molar-refractivity contribution is -0.116. The fraction of sp³-hybridized carbons (Fsp3) is 0.846. The fourth-order valence-corrected chi connectivity index (χ4v) is 2.90. The number of hydrogen-bond donors (Lipinski definition) is 1. The molecule has 1 saturated carbocycles. The SMILES string of the molecule is CCOC1(C(O)Cc2ncnn2CC)CCCC1. The van der Waals surface area contributed by atoms with Crippen molar-refractivity contribution in [1.29, 1.82) is 0 Å². The Balaban J connectivity index is 2.07. The molecule has 0 amide bonds. The van der Waals surface area contributed by atoms with Crippen molar-refractivity contribution in [2.24, 2.45) is 0 Å². The number of aliphatic hydroxyl groups excluding tert-OH is 1. The maximum absolute atomic E-state index is 10.5. The molecule has 0 saturated heterocycles. The molecule has 1 N–H and O–H groups in total. The zero-order valence-corrected chi connectivity index (χ0v) is 11.3. The van der Waals surface area contributed by atoms with Crippen LogP contribution in [0.25, 0.3) is 0 Å². The smallest absolute Gasteiger partial charge is 0.138 e. The van der Waals surface area contributed by atoms with E-state index in [1.54, 1.807) is 6.33 Å². The van der Waals surface area contributed by atoms with E-state index < -0.39 is 6.10 Å². The molecular weight excluding hydrogens is 230 g/mol. The van der Waals surface area contributed by atoms with Crippen LogP contribution in [0.1, 0.15) is 45.4 Å². The maximum Gasteiger partial charge on any atom is 0.138 e. The second-order valence-corrected chi connectivity index (χ2v) is 4.92. The monoisotopic (exact) mass is 253 g/mol. The van der Waals surface area contributed by atoms with Crippen LogP contribution in [-0.2, 0) is 17.7 Å². The number of aliphatic hydroxyl groups is 1. The summed E-state index contributed by atoms with van der Waals surface area (Å²) in [4.78, 5) is 4.23. The highest BCUT2D eigenvalue weighted by Crippen LogP contribution is 2.37. The summed E-state index contributed by atoms with van der Waals surface area (Å²) in [7, 11) is 0. The molecule has 5 heteroatoms. The molecule has 1 aliphatic rings. The molecule has 5 nitrogen and oxygen atoms in total. The van der Waals surface area contributed by atoms with Gasteiger partial charge in [-0.1, -0.05) is 12.8 Å². The first-order chi connectivity index (χ1) is 8.72. The van der Waals surface area contributed by atoms with Crippen LogP contribution in [0, 0.1) is 0 Å². The van der Waals surface area contributed by atoms with Gasteiger partial charge in [0.15, 0.2) is 0 Å². The first-order valence-electron chi connectivity index (χ1n) is 6.90. The van der Waals surface area contributed by atoms with E-state index in [1.807, 2.05) is 18.5 Å². The van der Waals surface area contributed by atoms with Crippen LogP contribution in [-0.4, -0.2) is 38.2 Å². The van der Waals surface area contributed by atoms with Crippen LogP contribution in [0.5, 0.6) is 0 Å². The molecule has 102 valence electrons. The van der Waals surface area contributed by atoms with Gasteiger partial charge in [0.25, 0.3) is 0 Å². The van der Waals surface area contributed by atoms with E-state index in [-0.39, 0.29) is 5.60 Å². The Hall–Kier alpha value is -0.940. The van der Waals surface area contributed by atoms with E-state index in [9.17, 15) is 5.11 Å². The normalized spacial score (nSPS) is 20.2. The summed E-state index contributed by atoms with van der Waals surface area (Å²) in [6.07, 6.45) is 5.75. The van der Waals surface area contributed by atoms with Crippen LogP contribution in [0.3, 0.4) is 0 Å². The third-order valence-corrected chi connectivity index (χ3v) is 3.86. The quantitative estimate of drug-likeness (QED) is 0.835. The second-order valence-electron chi connectivity index (χ2n) is 4.92. The predicted molar refractivity (Wildman–Crippen MR) is 68.2 cm³/mol. The average Bonchev–Trinajstić information content (AvgIpc) is 2.99. The summed E-state index contributed by atoms with van der Waals surface area (Å²) in [5.41, 5.74) is -0.362. The number of aryl methyl sites for hydroxylation is 1. The minimum Gasteiger partial charge on any atom is -0.390 e. The Labute approximate surface area is 108 Å². The Morgan fingerprint density at radius 2 is 2.17 bits per heavy atom. The molecule has 0 bridgehead atoms.